The van der Waals surface area contributed by atoms with Crippen LogP contribution in [0.2, 0.25) is 0 Å². The molecule has 0 heterocycles. The number of hydrogen-bond acceptors (Lipinski definition) is 6. The first-order valence-electron chi connectivity index (χ1n) is 8.60. The second-order valence-electron chi connectivity index (χ2n) is 5.48. The molecular formula is C22H20N2O6Zr. The molecule has 0 saturated heterocycles. The molecule has 0 fully saturated rings. The van der Waals surface area contributed by atoms with Crippen LogP contribution in [0.25, 0.3) is 0 Å². The van der Waals surface area contributed by atoms with Gasteiger partial charge in [0.25, 0.3) is 11.4 Å². The molecule has 0 aliphatic heterocycles. The van der Waals surface area contributed by atoms with Crippen molar-refractivity contribution in [2.45, 2.75) is 0 Å². The van der Waals surface area contributed by atoms with Crippen LogP contribution < -0.4 is 0 Å². The minimum atomic E-state index is -0.556. The molecule has 0 unspecified atom stereocenters. The van der Waals surface area contributed by atoms with Crippen LogP contribution in [0.15, 0.2) is 109 Å². The van der Waals surface area contributed by atoms with Gasteiger partial charge in [-0.1, -0.05) is 12.1 Å². The number of phenols is 2. The van der Waals surface area contributed by atoms with Crippen LogP contribution >= 0.6 is 0 Å². The number of nitro groups is 2. The van der Waals surface area contributed by atoms with Gasteiger partial charge in [0, 0.05) is 12.1 Å². The quantitative estimate of drug-likeness (QED) is 0.216. The second kappa shape index (κ2) is 16.2. The minimum Gasteiger partial charge on any atom is -0.508 e. The van der Waals surface area contributed by atoms with E-state index in [1.807, 2.05) is 60.7 Å². The van der Waals surface area contributed by atoms with E-state index in [0.717, 1.165) is 12.1 Å². The Bertz CT molecular complexity index is 873. The number of aromatic hydroxyl groups is 2. The van der Waals surface area contributed by atoms with Gasteiger partial charge in [-0.3, -0.25) is 20.2 Å². The smallest absolute Gasteiger partial charge is 0.508 e. The fraction of sp³-hybridized carbons (Fsp3) is 0. The maximum atomic E-state index is 10.0. The van der Waals surface area contributed by atoms with Crippen molar-refractivity contribution in [3.05, 3.63) is 129 Å². The van der Waals surface area contributed by atoms with Gasteiger partial charge in [-0.05, 0) is 12.1 Å². The van der Waals surface area contributed by atoms with E-state index in [9.17, 15) is 20.2 Å². The van der Waals surface area contributed by atoms with E-state index < -0.39 is 9.85 Å². The van der Waals surface area contributed by atoms with Crippen LogP contribution in [0.4, 0.5) is 11.4 Å². The molecule has 0 saturated carbocycles. The third kappa shape index (κ3) is 13.3. The Hall–Kier alpha value is -3.58. The fourth-order valence-corrected chi connectivity index (χ4v) is 1.85. The molecule has 4 aromatic rings. The third-order valence-electron chi connectivity index (χ3n) is 3.19. The first-order valence-corrected chi connectivity index (χ1v) is 8.60. The zero-order valence-electron chi connectivity index (χ0n) is 16.3. The van der Waals surface area contributed by atoms with Crippen LogP contribution in [-0.4, -0.2) is 20.1 Å². The number of rotatable bonds is 2. The van der Waals surface area contributed by atoms with Gasteiger partial charge in [-0.25, -0.2) is 24.3 Å². The van der Waals surface area contributed by atoms with Gasteiger partial charge >= 0.3 is 26.2 Å². The third-order valence-corrected chi connectivity index (χ3v) is 3.19. The van der Waals surface area contributed by atoms with Crippen molar-refractivity contribution >= 4 is 11.4 Å². The molecule has 4 aromatic carbocycles. The molecule has 158 valence electrons. The molecule has 4 rings (SSSR count). The first-order chi connectivity index (χ1) is 14.4. The molecule has 0 aromatic heterocycles. The number of non-ortho nitro benzene ring substituents is 2. The Kier molecular flexibility index (Phi) is 14.4. The first kappa shape index (κ1) is 27.4. The van der Waals surface area contributed by atoms with E-state index in [2.05, 4.69) is 0 Å². The van der Waals surface area contributed by atoms with Crippen molar-refractivity contribution in [2.75, 3.05) is 0 Å². The van der Waals surface area contributed by atoms with Gasteiger partial charge in [0.15, 0.2) is 0 Å². The van der Waals surface area contributed by atoms with E-state index in [4.69, 9.17) is 10.2 Å². The Morgan fingerprint density at radius 2 is 0.935 bits per heavy atom. The van der Waals surface area contributed by atoms with E-state index >= 15 is 0 Å². The van der Waals surface area contributed by atoms with Gasteiger partial charge < -0.3 is 10.2 Å². The Labute approximate surface area is 198 Å². The van der Waals surface area contributed by atoms with Gasteiger partial charge in [0.05, 0.1) is 22.0 Å². The standard InChI is InChI=1S/2C6H5NO3.2C5H5.Zr/c2*8-6-3-1-2-5(4-6)7(9)10;2*1-2-4-5-3-1;/h2*1-4,8H;2*1-5H;/q;;2*-1;+2. The van der Waals surface area contributed by atoms with Crippen molar-refractivity contribution in [3.8, 4) is 11.5 Å². The summed E-state index contributed by atoms with van der Waals surface area (Å²) >= 11 is 0. The zero-order valence-corrected chi connectivity index (χ0v) is 18.8. The Morgan fingerprint density at radius 1 is 0.613 bits per heavy atom. The van der Waals surface area contributed by atoms with Crippen LogP contribution in [0, 0.1) is 20.2 Å². The minimum absolute atomic E-state index is 0. The summed E-state index contributed by atoms with van der Waals surface area (Å²) in [7, 11) is 0. The summed E-state index contributed by atoms with van der Waals surface area (Å²) < 4.78 is 0. The Balaban J connectivity index is 0.000000401. The molecule has 0 aliphatic carbocycles. The molecule has 8 nitrogen and oxygen atoms in total. The van der Waals surface area contributed by atoms with E-state index in [1.54, 1.807) is 0 Å². The summed E-state index contributed by atoms with van der Waals surface area (Å²) in [6.45, 7) is 0. The Morgan fingerprint density at radius 3 is 1.10 bits per heavy atom. The monoisotopic (exact) mass is 498 g/mol. The summed E-state index contributed by atoms with van der Waals surface area (Å²) in [5.74, 6) is -0.177. The molecule has 0 atom stereocenters. The fourth-order valence-electron chi connectivity index (χ4n) is 1.85. The maximum Gasteiger partial charge on any atom is 2.00 e. The van der Waals surface area contributed by atoms with Crippen molar-refractivity contribution in [3.63, 3.8) is 0 Å². The molecule has 0 amide bonds. The van der Waals surface area contributed by atoms with Crippen LogP contribution in [0.1, 0.15) is 0 Å². The predicted octanol–water partition coefficient (Wildman–Crippen LogP) is 5.41. The van der Waals surface area contributed by atoms with E-state index in [1.165, 1.54) is 36.4 Å². The van der Waals surface area contributed by atoms with Gasteiger partial charge in [0.1, 0.15) is 11.5 Å². The molecule has 9 heteroatoms. The summed E-state index contributed by atoms with van der Waals surface area (Å²) in [4.78, 5) is 19.0. The number of nitro benzene ring substituents is 2. The molecule has 0 aliphatic rings. The van der Waals surface area contributed by atoms with Crippen LogP contribution in [0.5, 0.6) is 11.5 Å². The average Bonchev–Trinajstić information content (AvgIpc) is 3.47. The second-order valence-corrected chi connectivity index (χ2v) is 5.48. The van der Waals surface area contributed by atoms with Crippen molar-refractivity contribution in [2.24, 2.45) is 0 Å². The largest absolute Gasteiger partial charge is 2.00 e. The molecular weight excluding hydrogens is 479 g/mol. The number of phenolic OH excluding ortho intramolecular Hbond substituents is 2. The maximum absolute atomic E-state index is 10.0. The van der Waals surface area contributed by atoms with Crippen molar-refractivity contribution in [1.82, 2.24) is 0 Å². The van der Waals surface area contributed by atoms with Crippen LogP contribution in [0.3, 0.4) is 0 Å². The number of hydrogen-bond donors (Lipinski definition) is 2. The SMILES string of the molecule is O=[N+]([O-])c1cccc(O)c1.O=[N+]([O-])c1cccc(O)c1.[Zr+2].c1cc[cH-]c1.c1cc[cH-]c1. The molecule has 0 spiro atoms. The molecule has 0 radical (unpaired) electrons. The van der Waals surface area contributed by atoms with E-state index in [-0.39, 0.29) is 49.1 Å². The molecule has 0 bridgehead atoms. The molecule has 2 N–H and O–H groups in total. The van der Waals surface area contributed by atoms with Gasteiger partial charge in [-0.2, -0.15) is 36.4 Å². The van der Waals surface area contributed by atoms with Crippen molar-refractivity contribution < 1.29 is 46.3 Å². The number of nitrogens with zero attached hydrogens (tertiary/aromatic N) is 2. The average molecular weight is 500 g/mol. The van der Waals surface area contributed by atoms with E-state index in [0.29, 0.717) is 0 Å². The zero-order chi connectivity index (χ0) is 22.2. The van der Waals surface area contributed by atoms with Crippen LogP contribution in [-0.2, 0) is 26.2 Å². The normalized spacial score (nSPS) is 8.52. The summed E-state index contributed by atoms with van der Waals surface area (Å²) in [5, 5.41) is 37.6. The van der Waals surface area contributed by atoms with Crippen molar-refractivity contribution in [1.29, 1.82) is 0 Å². The topological polar surface area (TPSA) is 127 Å². The summed E-state index contributed by atoms with van der Waals surface area (Å²) in [5.41, 5.74) is -0.194. The predicted molar refractivity (Wildman–Crippen MR) is 114 cm³/mol. The summed E-state index contributed by atoms with van der Waals surface area (Å²) in [6, 6.07) is 30.4. The number of benzene rings is 2. The summed E-state index contributed by atoms with van der Waals surface area (Å²) in [6.07, 6.45) is 0. The molecule has 31 heavy (non-hydrogen) atoms. The van der Waals surface area contributed by atoms with Gasteiger partial charge in [-0.15, -0.1) is 0 Å². The van der Waals surface area contributed by atoms with Gasteiger partial charge in [0.2, 0.25) is 0 Å².